The average molecular weight is 2090 g/mol. The lowest BCUT2D eigenvalue weighted by molar-refractivity contribution is -0.142. The van der Waals surface area contributed by atoms with Gasteiger partial charge in [0.05, 0.1) is 77.9 Å². The molecule has 4 aliphatic heterocycles. The third-order valence-corrected chi connectivity index (χ3v) is 39.6. The molecule has 145 heavy (non-hydrogen) atoms. The van der Waals surface area contributed by atoms with E-state index in [0.29, 0.717) is 111 Å². The molecule has 0 bridgehead atoms. The Kier molecular flexibility index (Phi) is 33.0. The number of halogens is 2. The van der Waals surface area contributed by atoms with Gasteiger partial charge in [-0.1, -0.05) is 6.92 Å². The largest absolute Gasteiger partial charge is 0.481 e. The third kappa shape index (κ3) is 23.9. The standard InChI is InChI=1S/C22H28F2N4O2S.C22H30N4O3S.C21H28N4O3S.C21H27N3O4S.C19H26N4O2S/c23-22(24)7-9-28(10-8-22)14-2-4-15(5-3-14)30-20-18-16-11-13(19(25)29)1-6-17(16)31-21(18)27-12-26-20;1-22(21(23)27)7-6-17-16(12-22)18-19(24-13-25-20(18)30-17)29-15-4-2-14(3-5-15)26-8-10-28-11-9-26;22-19(26)13-1-6-17-16(11-13)18-20(23-12-24-21(18)29-17)28-15-4-2-14(3-5-15)25-7-9-27-10-8-25;25-21(26)13-1-6-17-16(11-13)18-19(22-12-23-20(18)29-17)28-15-4-2-14(3-5-15)24-7-9-27-10-8-24;1-23(2)12-4-6-13(7-5-12)25-18-16-14-9-11(17(20)24)3-8-15(14)26-19(16)22-10-21-18/h12-15H,1-11H2,(H2,25,29);13-15H,2-12H2,1H3,(H2,23,27);12-15H,1-11H2,(H2,22,26);12-15H,1-11H2,(H,25,26);10-13H,3-9H2,1-2H3,(H2,20,24)/t13-,14?,15?;;2*13-,14?,15?;11-,12?,13?/m0.100/s1. The SMILES string of the molecule is CC1(C(N)=O)CCc2sc3ncnc(OC4CCC(N5CCOCC5)CC4)c3c2C1.CN(C)C1CCC(Oc2ncnc3sc4c(c23)C[C@@H](C(N)=O)CC4)CC1.NC(=O)[C@@H]1CCc2sc3ncnc(OC4CCC(N5CCOCC5)CC4)c3c2C1.NC(=O)[C@H]1CCc2sc3ncnc(OC4CCC(N5CCC(F)(F)CC5)CC4)c3c2C1.O=C(O)[C@H]1CCc2sc3ncnc(OC4CCC(N5CCOCC5)CC4)c3c2C1. The first-order chi connectivity index (χ1) is 70.3. The number of amides is 4. The summed E-state index contributed by atoms with van der Waals surface area (Å²) in [6, 6.07) is 2.94. The van der Waals surface area contributed by atoms with Gasteiger partial charge in [0.25, 0.3) is 5.92 Å². The summed E-state index contributed by atoms with van der Waals surface area (Å²) in [5.41, 5.74) is 27.7. The van der Waals surface area contributed by atoms with Gasteiger partial charge in [-0.3, -0.25) is 43.6 Å². The number of hydrogen-bond acceptors (Lipinski definition) is 33. The molecular formula is C105H139F2N19O14S5. The van der Waals surface area contributed by atoms with Crippen LogP contribution in [0.25, 0.3) is 51.1 Å². The van der Waals surface area contributed by atoms with Gasteiger partial charge in [-0.2, -0.15) is 0 Å². The van der Waals surface area contributed by atoms with Crippen LogP contribution in [0.4, 0.5) is 8.78 Å². The third-order valence-electron chi connectivity index (χ3n) is 33.6. The van der Waals surface area contributed by atoms with E-state index in [-0.39, 0.29) is 90.7 Å². The quantitative estimate of drug-likeness (QED) is 0.0473. The van der Waals surface area contributed by atoms with E-state index in [1.165, 1.54) is 41.1 Å². The molecule has 0 aromatic carbocycles. The molecule has 5 atom stereocenters. The highest BCUT2D eigenvalue weighted by Gasteiger charge is 2.44. The number of aromatic nitrogens is 10. The van der Waals surface area contributed by atoms with Gasteiger partial charge in [-0.25, -0.2) is 58.6 Å². The molecule has 782 valence electrons. The van der Waals surface area contributed by atoms with Crippen LogP contribution in [-0.2, 0) is 102 Å². The molecule has 10 aliphatic carbocycles. The summed E-state index contributed by atoms with van der Waals surface area (Å²) in [6.45, 7) is 14.3. The number of fused-ring (bicyclic) bond motifs is 15. The lowest BCUT2D eigenvalue weighted by Crippen LogP contribution is -2.47. The first kappa shape index (κ1) is 103. The van der Waals surface area contributed by atoms with Crippen LogP contribution < -0.4 is 46.6 Å². The lowest BCUT2D eigenvalue weighted by Gasteiger charge is -2.40. The second kappa shape index (κ2) is 46.3. The molecule has 4 saturated heterocycles. The van der Waals surface area contributed by atoms with Crippen LogP contribution in [0.15, 0.2) is 31.6 Å². The Morgan fingerprint density at radius 2 is 0.607 bits per heavy atom. The number of thiophene rings is 5. The van der Waals surface area contributed by atoms with Crippen molar-refractivity contribution in [3.8, 4) is 29.4 Å². The number of carboxylic acid groups (broad SMARTS) is 1. The maximum Gasteiger partial charge on any atom is 0.306 e. The predicted molar refractivity (Wildman–Crippen MR) is 554 cm³/mol. The van der Waals surface area contributed by atoms with Crippen LogP contribution >= 0.6 is 56.7 Å². The zero-order valence-corrected chi connectivity index (χ0v) is 87.7. The van der Waals surface area contributed by atoms with Crippen molar-refractivity contribution in [3.05, 3.63) is 83.8 Å². The van der Waals surface area contributed by atoms with Crippen molar-refractivity contribution < 1.29 is 75.8 Å². The van der Waals surface area contributed by atoms with Gasteiger partial charge >= 0.3 is 5.97 Å². The van der Waals surface area contributed by atoms with Crippen molar-refractivity contribution in [1.29, 1.82) is 0 Å². The number of ether oxygens (including phenoxy) is 8. The molecule has 33 nitrogen and oxygen atoms in total. The van der Waals surface area contributed by atoms with Crippen LogP contribution in [0, 0.1) is 29.1 Å². The van der Waals surface area contributed by atoms with Gasteiger partial charge in [-0.15, -0.1) is 56.7 Å². The number of primary amides is 4. The normalized spacial score (nSPS) is 28.4. The molecule has 9 fully saturated rings. The Labute approximate surface area is 864 Å². The number of nitrogens with two attached hydrogens (primary N) is 4. The predicted octanol–water partition coefficient (Wildman–Crippen LogP) is 14.1. The summed E-state index contributed by atoms with van der Waals surface area (Å²) in [5.74, 6) is -1.47. The van der Waals surface area contributed by atoms with E-state index in [9.17, 15) is 37.9 Å². The first-order valence-electron chi connectivity index (χ1n) is 53.1. The number of aryl methyl sites for hydroxylation is 5. The second-order valence-electron chi connectivity index (χ2n) is 42.8. The van der Waals surface area contributed by atoms with Crippen molar-refractivity contribution in [2.45, 2.75) is 311 Å². The Hall–Kier alpha value is -8.91. The van der Waals surface area contributed by atoms with E-state index < -0.39 is 17.3 Å². The number of piperidine rings is 1. The molecule has 40 heteroatoms. The molecule has 4 amide bonds. The van der Waals surface area contributed by atoms with Gasteiger partial charge in [0.2, 0.25) is 53.0 Å². The van der Waals surface area contributed by atoms with E-state index >= 15 is 0 Å². The minimum absolute atomic E-state index is 0.0299. The first-order valence-corrected chi connectivity index (χ1v) is 57.2. The monoisotopic (exact) mass is 2090 g/mol. The number of nitrogens with zero attached hydrogens (tertiary/aromatic N) is 15. The van der Waals surface area contributed by atoms with E-state index in [0.717, 1.165) is 327 Å². The molecule has 24 rings (SSSR count). The Morgan fingerprint density at radius 1 is 0.352 bits per heavy atom. The van der Waals surface area contributed by atoms with E-state index in [2.05, 4.69) is 88.4 Å². The molecule has 14 aliphatic rings. The van der Waals surface area contributed by atoms with Crippen molar-refractivity contribution in [3.63, 3.8) is 0 Å². The Morgan fingerprint density at radius 3 is 0.876 bits per heavy atom. The fourth-order valence-corrected chi connectivity index (χ4v) is 30.6. The summed E-state index contributed by atoms with van der Waals surface area (Å²) in [4.78, 5) is 127. The maximum atomic E-state index is 13.5. The highest BCUT2D eigenvalue weighted by molar-refractivity contribution is 7.20. The maximum absolute atomic E-state index is 13.5. The molecule has 14 heterocycles. The number of likely N-dealkylation sites (tertiary alicyclic amines) is 1. The van der Waals surface area contributed by atoms with Crippen LogP contribution in [-0.4, -0.2) is 282 Å². The minimum atomic E-state index is -2.50. The number of rotatable bonds is 20. The topological polar surface area (TPSA) is 429 Å². The fraction of sp³-hybridized carbons (Fsp3) is 0.667. The zero-order chi connectivity index (χ0) is 100. The van der Waals surface area contributed by atoms with Crippen molar-refractivity contribution in [2.24, 2.45) is 52.0 Å². The molecule has 1 unspecified atom stereocenters. The minimum Gasteiger partial charge on any atom is -0.481 e. The van der Waals surface area contributed by atoms with Crippen LogP contribution in [0.5, 0.6) is 29.4 Å². The van der Waals surface area contributed by atoms with E-state index in [1.807, 2.05) is 6.92 Å². The fourth-order valence-electron chi connectivity index (χ4n) is 24.8. The lowest BCUT2D eigenvalue weighted by atomic mass is 9.74. The molecule has 5 saturated carbocycles. The van der Waals surface area contributed by atoms with E-state index in [1.54, 1.807) is 88.3 Å². The summed E-state index contributed by atoms with van der Waals surface area (Å²) < 4.78 is 75.3. The highest BCUT2D eigenvalue weighted by Crippen LogP contribution is 2.50. The molecule has 0 radical (unpaired) electrons. The van der Waals surface area contributed by atoms with Crippen LogP contribution in [0.2, 0.25) is 0 Å². The van der Waals surface area contributed by atoms with Crippen molar-refractivity contribution in [1.82, 2.24) is 74.3 Å². The van der Waals surface area contributed by atoms with Gasteiger partial charge in [0, 0.05) is 138 Å². The summed E-state index contributed by atoms with van der Waals surface area (Å²) in [7, 11) is 4.29. The van der Waals surface area contributed by atoms with Gasteiger partial charge in [0.15, 0.2) is 0 Å². The second-order valence-corrected chi connectivity index (χ2v) is 48.2. The van der Waals surface area contributed by atoms with Crippen molar-refractivity contribution in [2.75, 3.05) is 106 Å². The average Bonchev–Trinajstić information content (AvgIpc) is 1.66. The number of carboxylic acids is 1. The number of hydrogen-bond donors (Lipinski definition) is 5. The smallest absolute Gasteiger partial charge is 0.306 e. The van der Waals surface area contributed by atoms with Crippen molar-refractivity contribution >= 4 is 137 Å². The summed E-state index contributed by atoms with van der Waals surface area (Å²) in [6.07, 6.45) is 41.2. The molecule has 0 spiro atoms. The number of alkyl halides is 2. The number of aliphatic carboxylic acids is 1. The van der Waals surface area contributed by atoms with Gasteiger partial charge in [-0.05, 0) is 267 Å². The Bertz CT molecular complexity index is 6050. The Balaban J connectivity index is 0.000000111. The summed E-state index contributed by atoms with van der Waals surface area (Å²) >= 11 is 8.44. The number of carbonyl (C=O) groups is 5. The molecule has 10 aromatic rings. The molecule has 9 N–H and O–H groups in total. The van der Waals surface area contributed by atoms with Gasteiger partial charge in [0.1, 0.15) is 86.3 Å². The van der Waals surface area contributed by atoms with Crippen LogP contribution in [0.3, 0.4) is 0 Å². The molecular weight excluding hydrogens is 1950 g/mol. The summed E-state index contributed by atoms with van der Waals surface area (Å²) in [5, 5.41) is 14.4. The van der Waals surface area contributed by atoms with Gasteiger partial charge < -0.3 is 70.8 Å². The number of morpholine rings is 3. The highest BCUT2D eigenvalue weighted by atomic mass is 32.1. The van der Waals surface area contributed by atoms with E-state index in [4.69, 9.17) is 60.8 Å². The number of carbonyl (C=O) groups excluding carboxylic acids is 4. The zero-order valence-electron chi connectivity index (χ0n) is 83.6. The van der Waals surface area contributed by atoms with Crippen LogP contribution in [0.1, 0.15) is 232 Å². The molecule has 10 aromatic heterocycles.